The number of nitrogens with one attached hydrogen (secondary N) is 2. The average molecular weight is 494 g/mol. The molecule has 0 unspecified atom stereocenters. The van der Waals surface area contributed by atoms with E-state index in [2.05, 4.69) is 10.6 Å². The van der Waals surface area contributed by atoms with Gasteiger partial charge in [-0.3, -0.25) is 10.1 Å². The minimum absolute atomic E-state index is 0.00330. The van der Waals surface area contributed by atoms with Gasteiger partial charge < -0.3 is 14.8 Å². The van der Waals surface area contributed by atoms with Gasteiger partial charge in [0, 0.05) is 13.1 Å². The largest absolute Gasteiger partial charge is 0.495 e. The maximum atomic E-state index is 12.8. The van der Waals surface area contributed by atoms with E-state index >= 15 is 0 Å². The van der Waals surface area contributed by atoms with Crippen molar-refractivity contribution in [3.63, 3.8) is 0 Å². The van der Waals surface area contributed by atoms with Gasteiger partial charge in [0.1, 0.15) is 11.5 Å². The Morgan fingerprint density at radius 1 is 1.09 bits per heavy atom. The van der Waals surface area contributed by atoms with Crippen molar-refractivity contribution in [3.8, 4) is 11.5 Å². The van der Waals surface area contributed by atoms with Gasteiger partial charge in [0.25, 0.3) is 5.91 Å². The fraction of sp³-hybridized carbons (Fsp3) is 0.391. The summed E-state index contributed by atoms with van der Waals surface area (Å²) >= 11 is 5.24. The van der Waals surface area contributed by atoms with Crippen LogP contribution in [-0.4, -0.2) is 50.5 Å². The Hall–Kier alpha value is -2.69. The van der Waals surface area contributed by atoms with Gasteiger partial charge in [-0.05, 0) is 48.0 Å². The molecule has 2 aromatic carbocycles. The van der Waals surface area contributed by atoms with E-state index in [9.17, 15) is 13.2 Å². The van der Waals surface area contributed by atoms with E-state index in [0.717, 1.165) is 5.56 Å². The molecule has 0 aliphatic heterocycles. The smallest absolute Gasteiger partial charge is 0.264 e. The van der Waals surface area contributed by atoms with Crippen LogP contribution in [-0.2, 0) is 14.8 Å². The molecule has 0 spiro atoms. The summed E-state index contributed by atoms with van der Waals surface area (Å²) in [5.41, 5.74) is 1.32. The first-order valence-electron chi connectivity index (χ1n) is 10.6. The zero-order valence-electron chi connectivity index (χ0n) is 19.5. The molecule has 33 heavy (non-hydrogen) atoms. The molecular weight excluding hydrogens is 462 g/mol. The average Bonchev–Trinajstić information content (AvgIpc) is 2.78. The standard InChI is InChI=1S/C23H31N3O5S2/c1-6-26(7-2)33(28,29)17-12-13-21(30-5)19(14-17)24-23(32)25-22(27)15-31-20-11-9-8-10-18(20)16(3)4/h8-14,16H,6-7,15H2,1-5H3,(H2,24,25,27,32). The van der Waals surface area contributed by atoms with Gasteiger partial charge in [-0.25, -0.2) is 8.42 Å². The predicted octanol–water partition coefficient (Wildman–Crippen LogP) is 3.74. The highest BCUT2D eigenvalue weighted by molar-refractivity contribution is 7.89. The number of para-hydroxylation sites is 1. The highest BCUT2D eigenvalue weighted by atomic mass is 32.2. The summed E-state index contributed by atoms with van der Waals surface area (Å²) in [5, 5.41) is 5.38. The molecular formula is C23H31N3O5S2. The zero-order chi connectivity index (χ0) is 24.6. The third-order valence-electron chi connectivity index (χ3n) is 4.92. The number of nitrogens with zero attached hydrogens (tertiary/aromatic N) is 1. The summed E-state index contributed by atoms with van der Waals surface area (Å²) in [6.45, 7) is 8.11. The lowest BCUT2D eigenvalue weighted by Crippen LogP contribution is -2.37. The Bertz CT molecular complexity index is 1080. The van der Waals surface area contributed by atoms with E-state index in [-0.39, 0.29) is 22.5 Å². The molecule has 10 heteroatoms. The highest BCUT2D eigenvalue weighted by Crippen LogP contribution is 2.29. The number of rotatable bonds is 10. The van der Waals surface area contributed by atoms with Crippen LogP contribution >= 0.6 is 12.2 Å². The summed E-state index contributed by atoms with van der Waals surface area (Å²) in [6.07, 6.45) is 0. The second-order valence-electron chi connectivity index (χ2n) is 7.43. The number of methoxy groups -OCH3 is 1. The van der Waals surface area contributed by atoms with Gasteiger partial charge in [0.15, 0.2) is 11.7 Å². The number of amides is 1. The van der Waals surface area contributed by atoms with Crippen LogP contribution in [0, 0.1) is 0 Å². The predicted molar refractivity (Wildman–Crippen MR) is 133 cm³/mol. The van der Waals surface area contributed by atoms with Gasteiger partial charge in [-0.2, -0.15) is 4.31 Å². The molecule has 0 saturated heterocycles. The molecule has 0 radical (unpaired) electrons. The first kappa shape index (κ1) is 26.6. The van der Waals surface area contributed by atoms with Crippen molar-refractivity contribution >= 4 is 38.9 Å². The fourth-order valence-corrected chi connectivity index (χ4v) is 4.91. The third-order valence-corrected chi connectivity index (χ3v) is 7.17. The first-order chi connectivity index (χ1) is 15.6. The summed E-state index contributed by atoms with van der Waals surface area (Å²) in [4.78, 5) is 12.4. The summed E-state index contributed by atoms with van der Waals surface area (Å²) in [5.74, 6) is 0.820. The van der Waals surface area contributed by atoms with Gasteiger partial charge in [0.05, 0.1) is 17.7 Å². The van der Waals surface area contributed by atoms with E-state index < -0.39 is 15.9 Å². The van der Waals surface area contributed by atoms with E-state index in [1.54, 1.807) is 13.8 Å². The minimum Gasteiger partial charge on any atom is -0.495 e. The van der Waals surface area contributed by atoms with E-state index in [1.165, 1.54) is 29.6 Å². The summed E-state index contributed by atoms with van der Waals surface area (Å²) < 4.78 is 38.0. The van der Waals surface area contributed by atoms with Crippen molar-refractivity contribution in [1.29, 1.82) is 0 Å². The van der Waals surface area contributed by atoms with Crippen LogP contribution in [0.4, 0.5) is 5.69 Å². The molecule has 1 amide bonds. The quantitative estimate of drug-likeness (QED) is 0.487. The molecule has 180 valence electrons. The van der Waals surface area contributed by atoms with Crippen LogP contribution in [0.25, 0.3) is 0 Å². The molecule has 2 rings (SSSR count). The lowest BCUT2D eigenvalue weighted by atomic mass is 10.0. The maximum absolute atomic E-state index is 12.8. The van der Waals surface area contributed by atoms with Gasteiger partial charge in [0.2, 0.25) is 10.0 Å². The molecule has 2 N–H and O–H groups in total. The number of hydrogen-bond acceptors (Lipinski definition) is 6. The van der Waals surface area contributed by atoms with Crippen molar-refractivity contribution in [2.24, 2.45) is 0 Å². The number of ether oxygens (including phenoxy) is 2. The molecule has 0 fully saturated rings. The van der Waals surface area contributed by atoms with Crippen LogP contribution in [0.1, 0.15) is 39.2 Å². The lowest BCUT2D eigenvalue weighted by Gasteiger charge is -2.20. The second kappa shape index (κ2) is 12.0. The van der Waals surface area contributed by atoms with Crippen LogP contribution in [0.15, 0.2) is 47.4 Å². The van der Waals surface area contributed by atoms with Gasteiger partial charge in [-0.1, -0.05) is 45.9 Å². The van der Waals surface area contributed by atoms with Crippen LogP contribution < -0.4 is 20.1 Å². The van der Waals surface area contributed by atoms with E-state index in [0.29, 0.717) is 30.3 Å². The monoisotopic (exact) mass is 493 g/mol. The number of hydrogen-bond donors (Lipinski definition) is 2. The highest BCUT2D eigenvalue weighted by Gasteiger charge is 2.23. The Balaban J connectivity index is 2.09. The lowest BCUT2D eigenvalue weighted by molar-refractivity contribution is -0.121. The molecule has 0 aromatic heterocycles. The number of carbonyl (C=O) groups excluding carboxylic acids is 1. The van der Waals surface area contributed by atoms with Crippen molar-refractivity contribution in [3.05, 3.63) is 48.0 Å². The van der Waals surface area contributed by atoms with Crippen molar-refractivity contribution in [2.45, 2.75) is 38.5 Å². The topological polar surface area (TPSA) is 97.0 Å². The minimum atomic E-state index is -3.67. The molecule has 0 heterocycles. The zero-order valence-corrected chi connectivity index (χ0v) is 21.2. The molecule has 2 aromatic rings. The van der Waals surface area contributed by atoms with Crippen LogP contribution in [0.5, 0.6) is 11.5 Å². The van der Waals surface area contributed by atoms with Gasteiger partial charge in [-0.15, -0.1) is 0 Å². The van der Waals surface area contributed by atoms with Gasteiger partial charge >= 0.3 is 0 Å². The molecule has 0 bridgehead atoms. The summed E-state index contributed by atoms with van der Waals surface area (Å²) in [7, 11) is -2.21. The molecule has 8 nitrogen and oxygen atoms in total. The molecule has 0 atom stereocenters. The number of benzene rings is 2. The first-order valence-corrected chi connectivity index (χ1v) is 12.5. The van der Waals surface area contributed by atoms with E-state index in [4.69, 9.17) is 21.7 Å². The Labute approximate surface area is 201 Å². The summed E-state index contributed by atoms with van der Waals surface area (Å²) in [6, 6.07) is 12.0. The molecule has 0 aliphatic carbocycles. The maximum Gasteiger partial charge on any atom is 0.264 e. The van der Waals surface area contributed by atoms with Crippen molar-refractivity contribution in [1.82, 2.24) is 9.62 Å². The van der Waals surface area contributed by atoms with Crippen molar-refractivity contribution in [2.75, 3.05) is 32.1 Å². The number of sulfonamides is 1. The number of carbonyl (C=O) groups is 1. The number of thiocarbonyl (C=S) groups is 1. The fourth-order valence-electron chi connectivity index (χ4n) is 3.21. The van der Waals surface area contributed by atoms with Crippen LogP contribution in [0.2, 0.25) is 0 Å². The van der Waals surface area contributed by atoms with Crippen LogP contribution in [0.3, 0.4) is 0 Å². The Kier molecular flexibility index (Phi) is 9.63. The Morgan fingerprint density at radius 3 is 2.36 bits per heavy atom. The second-order valence-corrected chi connectivity index (χ2v) is 9.78. The van der Waals surface area contributed by atoms with E-state index in [1.807, 2.05) is 38.1 Å². The number of anilines is 1. The third kappa shape index (κ3) is 6.89. The van der Waals surface area contributed by atoms with Crippen molar-refractivity contribution < 1.29 is 22.7 Å². The SMILES string of the molecule is CCN(CC)S(=O)(=O)c1ccc(OC)c(NC(=S)NC(=O)COc2ccccc2C(C)C)c1. The normalized spacial score (nSPS) is 11.4. The Morgan fingerprint density at radius 2 is 1.76 bits per heavy atom. The molecule has 0 aliphatic rings. The molecule has 0 saturated carbocycles.